The van der Waals surface area contributed by atoms with E-state index in [1.807, 2.05) is 6.92 Å². The summed E-state index contributed by atoms with van der Waals surface area (Å²) in [5.41, 5.74) is 0. The van der Waals surface area contributed by atoms with Crippen LogP contribution in [0.25, 0.3) is 0 Å². The van der Waals surface area contributed by atoms with E-state index in [4.69, 9.17) is 0 Å². The summed E-state index contributed by atoms with van der Waals surface area (Å²) in [6.45, 7) is 2.48. The Labute approximate surface area is 101 Å². The maximum absolute atomic E-state index is 11.7. The number of nitrogens with zero attached hydrogens (tertiary/aromatic N) is 1. The van der Waals surface area contributed by atoms with Crippen LogP contribution in [0.4, 0.5) is 0 Å². The van der Waals surface area contributed by atoms with Crippen LogP contribution in [0.3, 0.4) is 0 Å². The van der Waals surface area contributed by atoms with Gasteiger partial charge in [-0.25, -0.2) is 8.42 Å². The van der Waals surface area contributed by atoms with Crippen molar-refractivity contribution in [1.29, 1.82) is 0 Å². The average molecular weight is 263 g/mol. The Morgan fingerprint density at radius 3 is 2.41 bits per heavy atom. The summed E-state index contributed by atoms with van der Waals surface area (Å²) in [7, 11) is -2.03. The van der Waals surface area contributed by atoms with Crippen molar-refractivity contribution in [2.45, 2.75) is 6.92 Å². The number of likely N-dealkylation sites (tertiary alicyclic amines) is 1. The zero-order valence-corrected chi connectivity index (χ0v) is 11.0. The molecule has 1 rings (SSSR count). The normalized spacial score (nSPS) is 24.8. The Morgan fingerprint density at radius 2 is 1.94 bits per heavy atom. The summed E-state index contributed by atoms with van der Waals surface area (Å²) >= 11 is 0. The van der Waals surface area contributed by atoms with Gasteiger partial charge in [-0.2, -0.15) is 0 Å². The number of methoxy groups -OCH3 is 1. The number of esters is 1. The Bertz CT molecular complexity index is 416. The van der Waals surface area contributed by atoms with Crippen LogP contribution >= 0.6 is 0 Å². The summed E-state index contributed by atoms with van der Waals surface area (Å²) < 4.78 is 26.7. The standard InChI is InChI=1S/C10H17NO5S/c1-7-4-11(5-8(7)10(13)16-2)9(12)6-17(3,14)15/h7-8H,4-6H2,1-3H3. The first-order chi connectivity index (χ1) is 7.74. The van der Waals surface area contributed by atoms with Crippen molar-refractivity contribution in [3.05, 3.63) is 0 Å². The van der Waals surface area contributed by atoms with E-state index in [9.17, 15) is 18.0 Å². The number of carbonyl (C=O) groups is 2. The van der Waals surface area contributed by atoms with E-state index >= 15 is 0 Å². The van der Waals surface area contributed by atoms with E-state index in [0.29, 0.717) is 6.54 Å². The monoisotopic (exact) mass is 263 g/mol. The van der Waals surface area contributed by atoms with E-state index < -0.39 is 21.5 Å². The van der Waals surface area contributed by atoms with E-state index in [1.165, 1.54) is 12.0 Å². The molecular weight excluding hydrogens is 246 g/mol. The minimum absolute atomic E-state index is 0.00837. The van der Waals surface area contributed by atoms with E-state index in [-0.39, 0.29) is 24.3 Å². The number of rotatable bonds is 3. The van der Waals surface area contributed by atoms with E-state index in [1.54, 1.807) is 0 Å². The fourth-order valence-electron chi connectivity index (χ4n) is 1.94. The van der Waals surface area contributed by atoms with E-state index in [0.717, 1.165) is 6.26 Å². The van der Waals surface area contributed by atoms with Crippen molar-refractivity contribution in [2.24, 2.45) is 11.8 Å². The Morgan fingerprint density at radius 1 is 1.35 bits per heavy atom. The molecule has 0 saturated carbocycles. The first kappa shape index (κ1) is 14.0. The highest BCUT2D eigenvalue weighted by Crippen LogP contribution is 2.24. The second-order valence-electron chi connectivity index (χ2n) is 4.48. The molecule has 0 aromatic rings. The SMILES string of the molecule is COC(=O)C1CN(C(=O)CS(C)(=O)=O)CC1C. The van der Waals surface area contributed by atoms with Crippen molar-refractivity contribution >= 4 is 21.7 Å². The van der Waals surface area contributed by atoms with Gasteiger partial charge in [0, 0.05) is 19.3 Å². The summed E-state index contributed by atoms with van der Waals surface area (Å²) in [6, 6.07) is 0. The molecule has 0 spiro atoms. The van der Waals surface area contributed by atoms with Crippen LogP contribution in [0.5, 0.6) is 0 Å². The fourth-order valence-corrected chi connectivity index (χ4v) is 2.58. The molecule has 0 bridgehead atoms. The van der Waals surface area contributed by atoms with Crippen LogP contribution < -0.4 is 0 Å². The van der Waals surface area contributed by atoms with Crippen molar-refractivity contribution in [3.63, 3.8) is 0 Å². The number of hydrogen-bond donors (Lipinski definition) is 0. The van der Waals surface area contributed by atoms with Crippen LogP contribution in [0.1, 0.15) is 6.92 Å². The molecular formula is C10H17NO5S. The molecule has 17 heavy (non-hydrogen) atoms. The summed E-state index contributed by atoms with van der Waals surface area (Å²) in [5, 5.41) is 0. The Kier molecular flexibility index (Phi) is 4.13. The molecule has 0 aliphatic carbocycles. The molecule has 2 unspecified atom stereocenters. The third kappa shape index (κ3) is 3.69. The summed E-state index contributed by atoms with van der Waals surface area (Å²) in [5.74, 6) is -1.68. The largest absolute Gasteiger partial charge is 0.469 e. The van der Waals surface area contributed by atoms with Crippen LogP contribution in [0.2, 0.25) is 0 Å². The molecule has 1 saturated heterocycles. The van der Waals surface area contributed by atoms with Gasteiger partial charge in [-0.3, -0.25) is 9.59 Å². The predicted octanol–water partition coefficient (Wildman–Crippen LogP) is -0.701. The van der Waals surface area contributed by atoms with Crippen molar-refractivity contribution in [2.75, 3.05) is 32.2 Å². The molecule has 0 aromatic heterocycles. The predicted molar refractivity (Wildman–Crippen MR) is 61.0 cm³/mol. The highest BCUT2D eigenvalue weighted by atomic mass is 32.2. The molecule has 1 aliphatic heterocycles. The zero-order chi connectivity index (χ0) is 13.2. The van der Waals surface area contributed by atoms with Crippen molar-refractivity contribution in [1.82, 2.24) is 4.90 Å². The van der Waals surface area contributed by atoms with E-state index in [2.05, 4.69) is 4.74 Å². The van der Waals surface area contributed by atoms with Crippen LogP contribution in [-0.4, -0.2) is 57.4 Å². The minimum atomic E-state index is -3.33. The molecule has 6 nitrogen and oxygen atoms in total. The number of ether oxygens (including phenoxy) is 1. The van der Waals surface area contributed by atoms with Crippen molar-refractivity contribution < 1.29 is 22.7 Å². The average Bonchev–Trinajstić information content (AvgIpc) is 2.57. The lowest BCUT2D eigenvalue weighted by atomic mass is 9.99. The van der Waals surface area contributed by atoms with Gasteiger partial charge in [-0.1, -0.05) is 6.92 Å². The molecule has 0 radical (unpaired) electrons. The first-order valence-corrected chi connectivity index (χ1v) is 7.34. The number of sulfone groups is 1. The lowest BCUT2D eigenvalue weighted by Gasteiger charge is -2.15. The quantitative estimate of drug-likeness (QED) is 0.629. The molecule has 1 aliphatic rings. The molecule has 0 aromatic carbocycles. The lowest BCUT2D eigenvalue weighted by Crippen LogP contribution is -2.34. The van der Waals surface area contributed by atoms with Crippen molar-refractivity contribution in [3.8, 4) is 0 Å². The van der Waals surface area contributed by atoms with Gasteiger partial charge in [0.25, 0.3) is 0 Å². The maximum Gasteiger partial charge on any atom is 0.310 e. The van der Waals surface area contributed by atoms with Gasteiger partial charge in [0.05, 0.1) is 13.0 Å². The minimum Gasteiger partial charge on any atom is -0.469 e. The Balaban J connectivity index is 2.66. The molecule has 1 heterocycles. The molecule has 98 valence electrons. The lowest BCUT2D eigenvalue weighted by molar-refractivity contribution is -0.146. The molecule has 1 amide bonds. The second-order valence-corrected chi connectivity index (χ2v) is 6.62. The van der Waals surface area contributed by atoms with Crippen LogP contribution in [-0.2, 0) is 24.2 Å². The van der Waals surface area contributed by atoms with Gasteiger partial charge >= 0.3 is 5.97 Å². The first-order valence-electron chi connectivity index (χ1n) is 5.28. The zero-order valence-electron chi connectivity index (χ0n) is 10.2. The third-order valence-corrected chi connectivity index (χ3v) is 3.63. The van der Waals surface area contributed by atoms with Gasteiger partial charge in [-0.05, 0) is 5.92 Å². The number of hydrogen-bond acceptors (Lipinski definition) is 5. The van der Waals surface area contributed by atoms with Gasteiger partial charge in [0.2, 0.25) is 5.91 Å². The van der Waals surface area contributed by atoms with Gasteiger partial charge in [0.1, 0.15) is 5.75 Å². The van der Waals surface area contributed by atoms with Gasteiger partial charge in [0.15, 0.2) is 9.84 Å². The molecule has 2 atom stereocenters. The van der Waals surface area contributed by atoms with Crippen LogP contribution in [0, 0.1) is 11.8 Å². The third-order valence-electron chi connectivity index (χ3n) is 2.85. The van der Waals surface area contributed by atoms with Crippen LogP contribution in [0.15, 0.2) is 0 Å². The van der Waals surface area contributed by atoms with Gasteiger partial charge < -0.3 is 9.64 Å². The summed E-state index contributed by atoms with van der Waals surface area (Å²) in [6.07, 6.45) is 1.02. The fraction of sp³-hybridized carbons (Fsp3) is 0.800. The topological polar surface area (TPSA) is 80.8 Å². The summed E-state index contributed by atoms with van der Waals surface area (Å²) in [4.78, 5) is 24.5. The Hall–Kier alpha value is -1.11. The second kappa shape index (κ2) is 5.03. The number of amides is 1. The number of carbonyl (C=O) groups excluding carboxylic acids is 2. The highest BCUT2D eigenvalue weighted by Gasteiger charge is 2.38. The molecule has 1 fully saturated rings. The smallest absolute Gasteiger partial charge is 0.310 e. The highest BCUT2D eigenvalue weighted by molar-refractivity contribution is 7.91. The molecule has 0 N–H and O–H groups in total. The maximum atomic E-state index is 11.7. The molecule has 7 heteroatoms. The van der Waals surface area contributed by atoms with Gasteiger partial charge in [-0.15, -0.1) is 0 Å².